The van der Waals surface area contributed by atoms with E-state index in [1.54, 1.807) is 19.1 Å². The second kappa shape index (κ2) is 6.47. The lowest BCUT2D eigenvalue weighted by Gasteiger charge is -2.06. The predicted molar refractivity (Wildman–Crippen MR) is 75.8 cm³/mol. The second-order valence-electron chi connectivity index (χ2n) is 5.10. The lowest BCUT2D eigenvalue weighted by atomic mass is 10.1. The van der Waals surface area contributed by atoms with Crippen LogP contribution in [0.4, 0.5) is 5.69 Å². The fourth-order valence-electron chi connectivity index (χ4n) is 1.93. The lowest BCUT2D eigenvalue weighted by Crippen LogP contribution is -2.28. The van der Waals surface area contributed by atoms with Crippen molar-refractivity contribution in [2.45, 2.75) is 32.2 Å². The first-order chi connectivity index (χ1) is 9.58. The third-order valence-corrected chi connectivity index (χ3v) is 3.32. The molecule has 0 saturated heterocycles. The molecule has 0 spiro atoms. The van der Waals surface area contributed by atoms with Crippen molar-refractivity contribution in [3.63, 3.8) is 0 Å². The molecular weight excluding hydrogens is 258 g/mol. The number of aryl methyl sites for hydroxylation is 1. The lowest BCUT2D eigenvalue weighted by molar-refractivity contribution is -0.385. The van der Waals surface area contributed by atoms with Crippen molar-refractivity contribution in [2.24, 2.45) is 0 Å². The summed E-state index contributed by atoms with van der Waals surface area (Å²) in [7, 11) is 0. The topological polar surface area (TPSA) is 84.3 Å². The molecule has 2 N–H and O–H groups in total. The molecule has 1 aromatic rings. The van der Waals surface area contributed by atoms with E-state index < -0.39 is 4.92 Å². The third-order valence-electron chi connectivity index (χ3n) is 3.32. The summed E-state index contributed by atoms with van der Waals surface area (Å²) in [6, 6.07) is 5.21. The number of nitrogens with zero attached hydrogens (tertiary/aromatic N) is 1. The molecule has 0 bridgehead atoms. The molecule has 20 heavy (non-hydrogen) atoms. The molecule has 1 amide bonds. The molecule has 1 aliphatic carbocycles. The molecule has 0 atom stereocenters. The van der Waals surface area contributed by atoms with Gasteiger partial charge in [0.15, 0.2) is 0 Å². The fourth-order valence-corrected chi connectivity index (χ4v) is 1.93. The van der Waals surface area contributed by atoms with Gasteiger partial charge in [0.25, 0.3) is 11.6 Å². The van der Waals surface area contributed by atoms with Gasteiger partial charge < -0.3 is 10.6 Å². The Balaban J connectivity index is 1.81. The first kappa shape index (κ1) is 14.5. The van der Waals surface area contributed by atoms with Gasteiger partial charge in [-0.3, -0.25) is 14.9 Å². The predicted octanol–water partition coefficient (Wildman–Crippen LogP) is 1.78. The molecule has 1 fully saturated rings. The zero-order chi connectivity index (χ0) is 14.5. The number of hydrogen-bond acceptors (Lipinski definition) is 4. The fraction of sp³-hybridized carbons (Fsp3) is 0.500. The number of hydrogen-bond donors (Lipinski definition) is 2. The summed E-state index contributed by atoms with van der Waals surface area (Å²) in [5.74, 6) is -0.264. The van der Waals surface area contributed by atoms with Crippen molar-refractivity contribution in [2.75, 3.05) is 13.1 Å². The van der Waals surface area contributed by atoms with E-state index in [0.717, 1.165) is 13.0 Å². The van der Waals surface area contributed by atoms with Crippen LogP contribution in [0.1, 0.15) is 35.2 Å². The largest absolute Gasteiger partial charge is 0.352 e. The number of nitrogens with one attached hydrogen (secondary N) is 2. The van der Waals surface area contributed by atoms with Gasteiger partial charge in [0.2, 0.25) is 0 Å². The zero-order valence-electron chi connectivity index (χ0n) is 11.5. The highest BCUT2D eigenvalue weighted by atomic mass is 16.6. The number of amides is 1. The van der Waals surface area contributed by atoms with Crippen molar-refractivity contribution in [3.8, 4) is 0 Å². The van der Waals surface area contributed by atoms with E-state index in [1.165, 1.54) is 18.9 Å². The molecule has 1 aliphatic rings. The molecule has 1 saturated carbocycles. The monoisotopic (exact) mass is 277 g/mol. The average Bonchev–Trinajstić information content (AvgIpc) is 3.22. The second-order valence-corrected chi connectivity index (χ2v) is 5.10. The third kappa shape index (κ3) is 4.03. The molecule has 6 heteroatoms. The van der Waals surface area contributed by atoms with Gasteiger partial charge >= 0.3 is 0 Å². The SMILES string of the molecule is Cc1ccc(C(=O)NCCCNC2CC2)cc1[N+](=O)[O-]. The van der Waals surface area contributed by atoms with Crippen molar-refractivity contribution in [1.29, 1.82) is 0 Å². The van der Waals surface area contributed by atoms with Gasteiger partial charge in [-0.25, -0.2) is 0 Å². The number of nitro groups is 1. The molecule has 0 aliphatic heterocycles. The van der Waals surface area contributed by atoms with Crippen molar-refractivity contribution >= 4 is 11.6 Å². The van der Waals surface area contributed by atoms with Crippen LogP contribution in [0.2, 0.25) is 0 Å². The standard InChI is InChI=1S/C14H19N3O3/c1-10-3-4-11(9-13(10)17(19)20)14(18)16-8-2-7-15-12-5-6-12/h3-4,9,12,15H,2,5-8H2,1H3,(H,16,18). The zero-order valence-corrected chi connectivity index (χ0v) is 11.5. The van der Waals surface area contributed by atoms with E-state index in [1.807, 2.05) is 0 Å². The van der Waals surface area contributed by atoms with Crippen LogP contribution in [-0.4, -0.2) is 30.0 Å². The molecule has 108 valence electrons. The molecule has 2 rings (SSSR count). The van der Waals surface area contributed by atoms with Gasteiger partial charge in [-0.15, -0.1) is 0 Å². The maximum atomic E-state index is 11.9. The van der Waals surface area contributed by atoms with Crippen LogP contribution in [0, 0.1) is 17.0 Å². The first-order valence-corrected chi connectivity index (χ1v) is 6.84. The Morgan fingerprint density at radius 3 is 2.80 bits per heavy atom. The summed E-state index contributed by atoms with van der Waals surface area (Å²) >= 11 is 0. The summed E-state index contributed by atoms with van der Waals surface area (Å²) < 4.78 is 0. The van der Waals surface area contributed by atoms with Gasteiger partial charge in [-0.05, 0) is 38.8 Å². The van der Waals surface area contributed by atoms with E-state index in [9.17, 15) is 14.9 Å². The van der Waals surface area contributed by atoms with Crippen LogP contribution >= 0.6 is 0 Å². The van der Waals surface area contributed by atoms with Gasteiger partial charge in [-0.1, -0.05) is 6.07 Å². The van der Waals surface area contributed by atoms with Gasteiger partial charge in [-0.2, -0.15) is 0 Å². The number of nitro benzene ring substituents is 1. The van der Waals surface area contributed by atoms with Crippen molar-refractivity contribution in [3.05, 3.63) is 39.4 Å². The quantitative estimate of drug-likeness (QED) is 0.452. The van der Waals surface area contributed by atoms with Crippen LogP contribution in [0.5, 0.6) is 0 Å². The minimum atomic E-state index is -0.467. The number of carbonyl (C=O) groups is 1. The van der Waals surface area contributed by atoms with E-state index in [-0.39, 0.29) is 11.6 Å². The Morgan fingerprint density at radius 1 is 1.40 bits per heavy atom. The summed E-state index contributed by atoms with van der Waals surface area (Å²) in [5.41, 5.74) is 0.866. The molecular formula is C14H19N3O3. The Kier molecular flexibility index (Phi) is 4.68. The Bertz CT molecular complexity index is 512. The highest BCUT2D eigenvalue weighted by molar-refractivity contribution is 5.94. The van der Waals surface area contributed by atoms with Crippen LogP contribution < -0.4 is 10.6 Å². The summed E-state index contributed by atoms with van der Waals surface area (Å²) in [6.07, 6.45) is 3.36. The smallest absolute Gasteiger partial charge is 0.273 e. The molecule has 0 aromatic heterocycles. The number of benzene rings is 1. The summed E-state index contributed by atoms with van der Waals surface area (Å²) in [5, 5.41) is 17.0. The highest BCUT2D eigenvalue weighted by Crippen LogP contribution is 2.19. The average molecular weight is 277 g/mol. The van der Waals surface area contributed by atoms with Gasteiger partial charge in [0, 0.05) is 29.8 Å². The summed E-state index contributed by atoms with van der Waals surface area (Å²) in [4.78, 5) is 22.3. The maximum Gasteiger partial charge on any atom is 0.273 e. The molecule has 6 nitrogen and oxygen atoms in total. The van der Waals surface area contributed by atoms with Crippen molar-refractivity contribution in [1.82, 2.24) is 10.6 Å². The van der Waals surface area contributed by atoms with E-state index in [4.69, 9.17) is 0 Å². The van der Waals surface area contributed by atoms with Crippen molar-refractivity contribution < 1.29 is 9.72 Å². The minimum absolute atomic E-state index is 0.0203. The van der Waals surface area contributed by atoms with Crippen LogP contribution in [-0.2, 0) is 0 Å². The molecule has 0 unspecified atom stereocenters. The number of rotatable bonds is 7. The Hall–Kier alpha value is -1.95. The minimum Gasteiger partial charge on any atom is -0.352 e. The van der Waals surface area contributed by atoms with E-state index in [2.05, 4.69) is 10.6 Å². The molecule has 1 aromatic carbocycles. The van der Waals surface area contributed by atoms with Crippen LogP contribution in [0.15, 0.2) is 18.2 Å². The number of carbonyl (C=O) groups excluding carboxylic acids is 1. The summed E-state index contributed by atoms with van der Waals surface area (Å²) in [6.45, 7) is 3.11. The van der Waals surface area contributed by atoms with Crippen LogP contribution in [0.3, 0.4) is 0 Å². The first-order valence-electron chi connectivity index (χ1n) is 6.84. The Morgan fingerprint density at radius 2 is 2.15 bits per heavy atom. The Labute approximate surface area is 117 Å². The van der Waals surface area contributed by atoms with Crippen LogP contribution in [0.25, 0.3) is 0 Å². The van der Waals surface area contributed by atoms with E-state index in [0.29, 0.717) is 23.7 Å². The molecule has 0 radical (unpaired) electrons. The maximum absolute atomic E-state index is 11.9. The normalized spacial score (nSPS) is 14.1. The molecule has 0 heterocycles. The van der Waals surface area contributed by atoms with Gasteiger partial charge in [0.05, 0.1) is 4.92 Å². The van der Waals surface area contributed by atoms with E-state index >= 15 is 0 Å². The van der Waals surface area contributed by atoms with Gasteiger partial charge in [0.1, 0.15) is 0 Å². The highest BCUT2D eigenvalue weighted by Gasteiger charge is 2.19.